The minimum atomic E-state index is 0.0320. The van der Waals surface area contributed by atoms with Crippen molar-refractivity contribution in [3.63, 3.8) is 0 Å². The Kier molecular flexibility index (Phi) is 8.47. The third kappa shape index (κ3) is 5.72. The van der Waals surface area contributed by atoms with Crippen LogP contribution in [0.25, 0.3) is 0 Å². The second kappa shape index (κ2) is 9.96. The summed E-state index contributed by atoms with van der Waals surface area (Å²) in [6.45, 7) is 6.75. The summed E-state index contributed by atoms with van der Waals surface area (Å²) in [5.74, 6) is 0. The van der Waals surface area contributed by atoms with E-state index in [1.54, 1.807) is 7.11 Å². The number of benzene rings is 1. The van der Waals surface area contributed by atoms with Crippen molar-refractivity contribution in [2.45, 2.75) is 38.8 Å². The molecular formula is C16H27NO2. The van der Waals surface area contributed by atoms with Crippen LogP contribution in [0.15, 0.2) is 30.3 Å². The number of hydrogen-bond donors (Lipinski definition) is 1. The fraction of sp³-hybridized carbons (Fsp3) is 0.625. The Morgan fingerprint density at radius 2 is 1.84 bits per heavy atom. The molecule has 0 aliphatic carbocycles. The van der Waals surface area contributed by atoms with E-state index < -0.39 is 0 Å². The van der Waals surface area contributed by atoms with Crippen molar-refractivity contribution >= 4 is 0 Å². The van der Waals surface area contributed by atoms with Gasteiger partial charge in [0.05, 0.1) is 18.8 Å². The molecule has 2 unspecified atom stereocenters. The third-order valence-electron chi connectivity index (χ3n) is 3.05. The second-order valence-electron chi connectivity index (χ2n) is 4.70. The quantitative estimate of drug-likeness (QED) is 0.659. The lowest BCUT2D eigenvalue weighted by Crippen LogP contribution is -2.40. The maximum Gasteiger partial charge on any atom is 0.0996 e. The van der Waals surface area contributed by atoms with Gasteiger partial charge >= 0.3 is 0 Å². The molecule has 1 rings (SSSR count). The fourth-order valence-corrected chi connectivity index (χ4v) is 2.11. The van der Waals surface area contributed by atoms with Gasteiger partial charge < -0.3 is 14.8 Å². The van der Waals surface area contributed by atoms with Gasteiger partial charge in [-0.3, -0.25) is 0 Å². The molecule has 0 saturated heterocycles. The summed E-state index contributed by atoms with van der Waals surface area (Å²) in [7, 11) is 1.76. The van der Waals surface area contributed by atoms with Gasteiger partial charge in [-0.15, -0.1) is 0 Å². The lowest BCUT2D eigenvalue weighted by Gasteiger charge is -2.27. The summed E-state index contributed by atoms with van der Waals surface area (Å²) in [6.07, 6.45) is 2.18. The minimum absolute atomic E-state index is 0.0320. The molecule has 0 fully saturated rings. The van der Waals surface area contributed by atoms with Gasteiger partial charge in [-0.25, -0.2) is 0 Å². The molecule has 1 aromatic rings. The topological polar surface area (TPSA) is 30.5 Å². The van der Waals surface area contributed by atoms with E-state index in [1.165, 1.54) is 5.56 Å². The predicted octanol–water partition coefficient (Wildman–Crippen LogP) is 3.17. The molecule has 3 nitrogen and oxygen atoms in total. The molecule has 1 aromatic carbocycles. The molecule has 0 aliphatic heterocycles. The van der Waals surface area contributed by atoms with Crippen LogP contribution in [0.4, 0.5) is 0 Å². The molecule has 3 heteroatoms. The van der Waals surface area contributed by atoms with E-state index in [4.69, 9.17) is 9.47 Å². The Balaban J connectivity index is 2.68. The molecule has 0 aromatic heterocycles. The summed E-state index contributed by atoms with van der Waals surface area (Å²) < 4.78 is 11.4. The van der Waals surface area contributed by atoms with Crippen LogP contribution in [-0.4, -0.2) is 32.9 Å². The second-order valence-corrected chi connectivity index (χ2v) is 4.70. The van der Waals surface area contributed by atoms with Gasteiger partial charge in [0.15, 0.2) is 0 Å². The van der Waals surface area contributed by atoms with Crippen LogP contribution in [0.3, 0.4) is 0 Å². The Bertz CT molecular complexity index is 316. The van der Waals surface area contributed by atoms with Crippen LogP contribution < -0.4 is 5.32 Å². The number of rotatable bonds is 10. The Hall–Kier alpha value is -0.900. The molecule has 108 valence electrons. The highest BCUT2D eigenvalue weighted by Gasteiger charge is 2.22. The Labute approximate surface area is 117 Å². The van der Waals surface area contributed by atoms with Crippen molar-refractivity contribution in [1.82, 2.24) is 5.32 Å². The molecule has 1 N–H and O–H groups in total. The smallest absolute Gasteiger partial charge is 0.0996 e. The first kappa shape index (κ1) is 16.2. The van der Waals surface area contributed by atoms with E-state index in [0.717, 1.165) is 26.0 Å². The molecule has 0 bridgehead atoms. The van der Waals surface area contributed by atoms with E-state index in [-0.39, 0.29) is 12.1 Å². The van der Waals surface area contributed by atoms with E-state index >= 15 is 0 Å². The standard InChI is InChI=1S/C16H27NO2/c1-4-11-17-15(13-19-12-5-2)16(18-3)14-9-7-6-8-10-14/h6-10,15-17H,4-5,11-13H2,1-3H3. The highest BCUT2D eigenvalue weighted by atomic mass is 16.5. The zero-order chi connectivity index (χ0) is 13.9. The molecule has 0 spiro atoms. The largest absolute Gasteiger partial charge is 0.380 e. The maximum atomic E-state index is 5.70. The summed E-state index contributed by atoms with van der Waals surface area (Å²) >= 11 is 0. The number of hydrogen-bond acceptors (Lipinski definition) is 3. The Morgan fingerprint density at radius 3 is 2.42 bits per heavy atom. The van der Waals surface area contributed by atoms with Crippen molar-refractivity contribution in [2.24, 2.45) is 0 Å². The summed E-state index contributed by atoms with van der Waals surface area (Å²) in [5, 5.41) is 3.53. The number of ether oxygens (including phenoxy) is 2. The molecule has 19 heavy (non-hydrogen) atoms. The zero-order valence-electron chi connectivity index (χ0n) is 12.4. The zero-order valence-corrected chi connectivity index (χ0v) is 12.4. The van der Waals surface area contributed by atoms with Crippen LogP contribution in [0.5, 0.6) is 0 Å². The van der Waals surface area contributed by atoms with Gasteiger partial charge in [-0.05, 0) is 24.9 Å². The molecule has 2 atom stereocenters. The lowest BCUT2D eigenvalue weighted by atomic mass is 10.0. The third-order valence-corrected chi connectivity index (χ3v) is 3.05. The van der Waals surface area contributed by atoms with Crippen molar-refractivity contribution < 1.29 is 9.47 Å². The first-order valence-corrected chi connectivity index (χ1v) is 7.22. The summed E-state index contributed by atoms with van der Waals surface area (Å²) in [6, 6.07) is 10.5. The van der Waals surface area contributed by atoms with Crippen LogP contribution >= 0.6 is 0 Å². The average Bonchev–Trinajstić information content (AvgIpc) is 2.46. The van der Waals surface area contributed by atoms with Gasteiger partial charge in [0, 0.05) is 13.7 Å². The summed E-state index contributed by atoms with van der Waals surface area (Å²) in [4.78, 5) is 0. The van der Waals surface area contributed by atoms with Gasteiger partial charge in [0.1, 0.15) is 0 Å². The van der Waals surface area contributed by atoms with Crippen LogP contribution in [-0.2, 0) is 9.47 Å². The molecule has 0 radical (unpaired) electrons. The van der Waals surface area contributed by atoms with E-state index in [1.807, 2.05) is 18.2 Å². The van der Waals surface area contributed by atoms with Gasteiger partial charge in [0.25, 0.3) is 0 Å². The van der Waals surface area contributed by atoms with Crippen LogP contribution in [0, 0.1) is 0 Å². The number of nitrogens with one attached hydrogen (secondary N) is 1. The highest BCUT2D eigenvalue weighted by Crippen LogP contribution is 2.20. The van der Waals surface area contributed by atoms with E-state index in [2.05, 4.69) is 31.3 Å². The van der Waals surface area contributed by atoms with Crippen molar-refractivity contribution in [2.75, 3.05) is 26.9 Å². The van der Waals surface area contributed by atoms with Crippen molar-refractivity contribution in [1.29, 1.82) is 0 Å². The monoisotopic (exact) mass is 265 g/mol. The van der Waals surface area contributed by atoms with E-state index in [9.17, 15) is 0 Å². The Morgan fingerprint density at radius 1 is 1.11 bits per heavy atom. The lowest BCUT2D eigenvalue weighted by molar-refractivity contribution is 0.0202. The normalized spacial score (nSPS) is 14.3. The SMILES string of the molecule is CCCNC(COCCC)C(OC)c1ccccc1. The number of methoxy groups -OCH3 is 1. The average molecular weight is 265 g/mol. The molecule has 0 aliphatic rings. The van der Waals surface area contributed by atoms with Crippen LogP contribution in [0.2, 0.25) is 0 Å². The van der Waals surface area contributed by atoms with Crippen molar-refractivity contribution in [3.8, 4) is 0 Å². The van der Waals surface area contributed by atoms with Crippen molar-refractivity contribution in [3.05, 3.63) is 35.9 Å². The molecule has 0 heterocycles. The summed E-state index contributed by atoms with van der Waals surface area (Å²) in [5.41, 5.74) is 1.19. The maximum absolute atomic E-state index is 5.70. The van der Waals surface area contributed by atoms with Gasteiger partial charge in [0.2, 0.25) is 0 Å². The van der Waals surface area contributed by atoms with Crippen LogP contribution in [0.1, 0.15) is 38.4 Å². The first-order chi connectivity index (χ1) is 9.33. The molecule has 0 saturated carbocycles. The first-order valence-electron chi connectivity index (χ1n) is 7.22. The van der Waals surface area contributed by atoms with Gasteiger partial charge in [-0.1, -0.05) is 44.2 Å². The molecular weight excluding hydrogens is 238 g/mol. The fourth-order valence-electron chi connectivity index (χ4n) is 2.11. The molecule has 0 amide bonds. The van der Waals surface area contributed by atoms with Gasteiger partial charge in [-0.2, -0.15) is 0 Å². The highest BCUT2D eigenvalue weighted by molar-refractivity contribution is 5.19. The minimum Gasteiger partial charge on any atom is -0.380 e. The van der Waals surface area contributed by atoms with E-state index in [0.29, 0.717) is 6.61 Å². The predicted molar refractivity (Wildman–Crippen MR) is 79.4 cm³/mol.